The van der Waals surface area contributed by atoms with Crippen molar-refractivity contribution in [3.63, 3.8) is 0 Å². The summed E-state index contributed by atoms with van der Waals surface area (Å²) in [6, 6.07) is 17.4. The number of nitrogens with one attached hydrogen (secondary N) is 1. The second-order valence-corrected chi connectivity index (χ2v) is 6.48. The third-order valence-corrected chi connectivity index (χ3v) is 4.79. The van der Waals surface area contributed by atoms with Crippen LogP contribution >= 0.6 is 11.3 Å². The van der Waals surface area contributed by atoms with Crippen molar-refractivity contribution in [2.75, 3.05) is 12.4 Å². The molecule has 1 N–H and O–H groups in total. The number of ether oxygens (including phenoxy) is 1. The number of nitrogens with zero attached hydrogens (tertiary/aromatic N) is 2. The van der Waals surface area contributed by atoms with Crippen LogP contribution in [0.15, 0.2) is 54.6 Å². The summed E-state index contributed by atoms with van der Waals surface area (Å²) in [5.41, 5.74) is 1.91. The normalized spacial score (nSPS) is 11.8. The molecule has 0 unspecified atom stereocenters. The molecular formula is C19H19N3O2S. The summed E-state index contributed by atoms with van der Waals surface area (Å²) in [5.74, 6) is 0.487. The molecule has 1 atom stereocenters. The third kappa shape index (κ3) is 4.03. The standard InChI is InChI=1S/C19H19N3O2S/c1-3-16(13-8-5-4-6-9-13)17(23)20-19-22-21-18(25-19)14-10-7-11-15(12-14)24-2/h4-12,16H,3H2,1-2H3,(H,20,22,23)/t16-/m0/s1. The molecule has 0 saturated heterocycles. The van der Waals surface area contributed by atoms with Gasteiger partial charge >= 0.3 is 0 Å². The van der Waals surface area contributed by atoms with Gasteiger partial charge in [0.2, 0.25) is 11.0 Å². The van der Waals surface area contributed by atoms with Crippen molar-refractivity contribution >= 4 is 22.4 Å². The van der Waals surface area contributed by atoms with Crippen molar-refractivity contribution in [1.29, 1.82) is 0 Å². The van der Waals surface area contributed by atoms with Gasteiger partial charge in [-0.05, 0) is 24.1 Å². The van der Waals surface area contributed by atoms with Gasteiger partial charge in [0.25, 0.3) is 0 Å². The molecule has 25 heavy (non-hydrogen) atoms. The van der Waals surface area contributed by atoms with E-state index in [1.165, 1.54) is 11.3 Å². The summed E-state index contributed by atoms with van der Waals surface area (Å²) in [6.07, 6.45) is 0.720. The number of methoxy groups -OCH3 is 1. The van der Waals surface area contributed by atoms with E-state index in [2.05, 4.69) is 15.5 Å². The Morgan fingerprint density at radius 3 is 2.68 bits per heavy atom. The number of hydrogen-bond donors (Lipinski definition) is 1. The van der Waals surface area contributed by atoms with E-state index < -0.39 is 0 Å². The van der Waals surface area contributed by atoms with E-state index >= 15 is 0 Å². The average Bonchev–Trinajstić information content (AvgIpc) is 3.12. The van der Waals surface area contributed by atoms with Crippen LogP contribution in [0.25, 0.3) is 10.6 Å². The number of carbonyl (C=O) groups excluding carboxylic acids is 1. The number of anilines is 1. The Hall–Kier alpha value is -2.73. The second-order valence-electron chi connectivity index (χ2n) is 5.51. The van der Waals surface area contributed by atoms with E-state index in [4.69, 9.17) is 4.74 Å². The highest BCUT2D eigenvalue weighted by molar-refractivity contribution is 7.18. The molecule has 0 aliphatic heterocycles. The smallest absolute Gasteiger partial charge is 0.233 e. The maximum absolute atomic E-state index is 12.6. The van der Waals surface area contributed by atoms with Gasteiger partial charge in [-0.2, -0.15) is 0 Å². The Morgan fingerprint density at radius 2 is 1.96 bits per heavy atom. The average molecular weight is 353 g/mol. The zero-order valence-electron chi connectivity index (χ0n) is 14.1. The first-order chi connectivity index (χ1) is 12.2. The molecule has 3 aromatic rings. The van der Waals surface area contributed by atoms with Crippen LogP contribution in [0.5, 0.6) is 5.75 Å². The summed E-state index contributed by atoms with van der Waals surface area (Å²) in [6.45, 7) is 2.00. The van der Waals surface area contributed by atoms with Crippen LogP contribution in [0, 0.1) is 0 Å². The molecular weight excluding hydrogens is 334 g/mol. The van der Waals surface area contributed by atoms with Crippen LogP contribution in [0.2, 0.25) is 0 Å². The van der Waals surface area contributed by atoms with E-state index in [1.807, 2.05) is 61.5 Å². The van der Waals surface area contributed by atoms with Crippen LogP contribution in [0.4, 0.5) is 5.13 Å². The molecule has 5 nitrogen and oxygen atoms in total. The van der Waals surface area contributed by atoms with Crippen molar-refractivity contribution in [1.82, 2.24) is 10.2 Å². The van der Waals surface area contributed by atoms with Crippen LogP contribution in [0.3, 0.4) is 0 Å². The minimum Gasteiger partial charge on any atom is -0.497 e. The predicted octanol–water partition coefficient (Wildman–Crippen LogP) is 4.35. The molecule has 0 spiro atoms. The Labute approximate surface area is 150 Å². The number of benzene rings is 2. The molecule has 0 aliphatic carbocycles. The van der Waals surface area contributed by atoms with Crippen LogP contribution < -0.4 is 10.1 Å². The first kappa shape index (κ1) is 17.1. The highest BCUT2D eigenvalue weighted by Gasteiger charge is 2.20. The minimum absolute atomic E-state index is 0.0676. The van der Waals surface area contributed by atoms with Gasteiger partial charge in [-0.25, -0.2) is 0 Å². The molecule has 0 radical (unpaired) electrons. The lowest BCUT2D eigenvalue weighted by Gasteiger charge is -2.13. The largest absolute Gasteiger partial charge is 0.497 e. The Kier molecular flexibility index (Phi) is 5.40. The van der Waals surface area contributed by atoms with E-state index in [9.17, 15) is 4.79 Å². The van der Waals surface area contributed by atoms with Gasteiger partial charge in [-0.15, -0.1) is 10.2 Å². The lowest BCUT2D eigenvalue weighted by Crippen LogP contribution is -2.20. The van der Waals surface area contributed by atoms with Gasteiger partial charge < -0.3 is 4.74 Å². The fourth-order valence-corrected chi connectivity index (χ4v) is 3.34. The third-order valence-electron chi connectivity index (χ3n) is 3.90. The van der Waals surface area contributed by atoms with Crippen molar-refractivity contribution in [3.8, 4) is 16.3 Å². The molecule has 0 saturated carbocycles. The summed E-state index contributed by atoms with van der Waals surface area (Å²) in [7, 11) is 1.62. The molecule has 0 bridgehead atoms. The van der Waals surface area contributed by atoms with Crippen molar-refractivity contribution < 1.29 is 9.53 Å². The maximum atomic E-state index is 12.6. The number of carbonyl (C=O) groups is 1. The van der Waals surface area contributed by atoms with Gasteiger partial charge in [-0.1, -0.05) is 60.7 Å². The molecule has 1 amide bonds. The Bertz CT molecular complexity index is 849. The SMILES string of the molecule is CC[C@H](C(=O)Nc1nnc(-c2cccc(OC)c2)s1)c1ccccc1. The van der Waals surface area contributed by atoms with Gasteiger partial charge in [0.05, 0.1) is 13.0 Å². The molecule has 1 heterocycles. The molecule has 3 rings (SSSR count). The number of hydrogen-bond acceptors (Lipinski definition) is 5. The molecule has 6 heteroatoms. The highest BCUT2D eigenvalue weighted by Crippen LogP contribution is 2.29. The van der Waals surface area contributed by atoms with Crippen LogP contribution in [0.1, 0.15) is 24.8 Å². The summed E-state index contributed by atoms with van der Waals surface area (Å²) in [4.78, 5) is 12.6. The quantitative estimate of drug-likeness (QED) is 0.716. The lowest BCUT2D eigenvalue weighted by atomic mass is 9.96. The number of aromatic nitrogens is 2. The van der Waals surface area contributed by atoms with E-state index in [0.29, 0.717) is 5.13 Å². The first-order valence-corrected chi connectivity index (χ1v) is 8.86. The minimum atomic E-state index is -0.203. The van der Waals surface area contributed by atoms with Gasteiger partial charge in [0.1, 0.15) is 10.8 Å². The molecule has 128 valence electrons. The van der Waals surface area contributed by atoms with Crippen molar-refractivity contribution in [2.45, 2.75) is 19.3 Å². The highest BCUT2D eigenvalue weighted by atomic mass is 32.1. The first-order valence-electron chi connectivity index (χ1n) is 8.05. The maximum Gasteiger partial charge on any atom is 0.233 e. The van der Waals surface area contributed by atoms with E-state index in [0.717, 1.165) is 28.3 Å². The van der Waals surface area contributed by atoms with Crippen LogP contribution in [-0.2, 0) is 4.79 Å². The predicted molar refractivity (Wildman–Crippen MR) is 100 cm³/mol. The van der Waals surface area contributed by atoms with Crippen molar-refractivity contribution in [3.05, 3.63) is 60.2 Å². The second kappa shape index (κ2) is 7.90. The molecule has 0 fully saturated rings. The van der Waals surface area contributed by atoms with E-state index in [1.54, 1.807) is 7.11 Å². The Balaban J connectivity index is 1.75. The zero-order chi connectivity index (χ0) is 17.6. The van der Waals surface area contributed by atoms with Gasteiger partial charge in [0.15, 0.2) is 0 Å². The molecule has 1 aromatic heterocycles. The van der Waals surface area contributed by atoms with Crippen LogP contribution in [-0.4, -0.2) is 23.2 Å². The van der Waals surface area contributed by atoms with E-state index in [-0.39, 0.29) is 11.8 Å². The number of amides is 1. The fraction of sp³-hybridized carbons (Fsp3) is 0.211. The Morgan fingerprint density at radius 1 is 1.16 bits per heavy atom. The topological polar surface area (TPSA) is 64.1 Å². The molecule has 0 aliphatic rings. The van der Waals surface area contributed by atoms with Gasteiger partial charge in [-0.3, -0.25) is 10.1 Å². The number of rotatable bonds is 6. The summed E-state index contributed by atoms with van der Waals surface area (Å²) >= 11 is 1.35. The lowest BCUT2D eigenvalue weighted by molar-refractivity contribution is -0.117. The van der Waals surface area contributed by atoms with Crippen molar-refractivity contribution in [2.24, 2.45) is 0 Å². The summed E-state index contributed by atoms with van der Waals surface area (Å²) in [5, 5.41) is 12.4. The van der Waals surface area contributed by atoms with Gasteiger partial charge in [0, 0.05) is 5.56 Å². The fourth-order valence-electron chi connectivity index (χ4n) is 2.60. The molecule has 2 aromatic carbocycles. The summed E-state index contributed by atoms with van der Waals surface area (Å²) < 4.78 is 5.23. The monoisotopic (exact) mass is 353 g/mol. The zero-order valence-corrected chi connectivity index (χ0v) is 14.9.